The molecule has 20 heavy (non-hydrogen) atoms. The lowest BCUT2D eigenvalue weighted by Gasteiger charge is -2.12. The summed E-state index contributed by atoms with van der Waals surface area (Å²) in [5.74, 6) is 0.328. The summed E-state index contributed by atoms with van der Waals surface area (Å²) in [4.78, 5) is 0. The summed E-state index contributed by atoms with van der Waals surface area (Å²) in [5, 5.41) is 0. The summed E-state index contributed by atoms with van der Waals surface area (Å²) in [6.07, 6.45) is 0. The molecule has 0 fully saturated rings. The molecule has 6 heteroatoms. The Balaban J connectivity index is 2.19. The third-order valence-electron chi connectivity index (χ3n) is 2.68. The van der Waals surface area contributed by atoms with Crippen molar-refractivity contribution < 1.29 is 9.13 Å². The fraction of sp³-hybridized carbons (Fsp3) is 0.143. The highest BCUT2D eigenvalue weighted by molar-refractivity contribution is 9.11. The van der Waals surface area contributed by atoms with E-state index in [4.69, 9.17) is 10.5 Å². The third-order valence-corrected chi connectivity index (χ3v) is 4.35. The van der Waals surface area contributed by atoms with Crippen LogP contribution in [0.15, 0.2) is 43.7 Å². The molecule has 2 aromatic carbocycles. The summed E-state index contributed by atoms with van der Waals surface area (Å²) in [5.41, 5.74) is 7.07. The second-order valence-corrected chi connectivity index (χ2v) is 6.74. The van der Waals surface area contributed by atoms with Gasteiger partial charge in [0.05, 0.1) is 8.95 Å². The first kappa shape index (κ1) is 15.9. The topological polar surface area (TPSA) is 35.2 Å². The van der Waals surface area contributed by atoms with Crippen molar-refractivity contribution in [3.8, 4) is 5.75 Å². The van der Waals surface area contributed by atoms with Crippen LogP contribution in [0.1, 0.15) is 11.1 Å². The maximum Gasteiger partial charge on any atom is 0.148 e. The predicted octanol–water partition coefficient (Wildman–Crippen LogP) is 5.15. The standard InChI is InChI=1S/C14H11Br3FNO/c15-10-2-1-9(13(18)5-10)7-20-14-11(16)3-8(6-19)4-12(14)17/h1-5H,6-7,19H2. The van der Waals surface area contributed by atoms with E-state index in [-0.39, 0.29) is 12.4 Å². The number of benzene rings is 2. The number of rotatable bonds is 4. The average Bonchev–Trinajstić information content (AvgIpc) is 2.39. The van der Waals surface area contributed by atoms with Gasteiger partial charge in [-0.15, -0.1) is 0 Å². The highest BCUT2D eigenvalue weighted by atomic mass is 79.9. The van der Waals surface area contributed by atoms with E-state index in [9.17, 15) is 4.39 Å². The Hall–Kier alpha value is -0.430. The quantitative estimate of drug-likeness (QED) is 0.674. The van der Waals surface area contributed by atoms with E-state index in [1.807, 2.05) is 12.1 Å². The lowest BCUT2D eigenvalue weighted by Crippen LogP contribution is -2.01. The zero-order valence-corrected chi connectivity index (χ0v) is 15.1. The largest absolute Gasteiger partial charge is 0.486 e. The third kappa shape index (κ3) is 3.81. The minimum atomic E-state index is -0.301. The van der Waals surface area contributed by atoms with Crippen LogP contribution in [-0.4, -0.2) is 0 Å². The van der Waals surface area contributed by atoms with Gasteiger partial charge in [-0.25, -0.2) is 4.39 Å². The average molecular weight is 468 g/mol. The van der Waals surface area contributed by atoms with E-state index < -0.39 is 0 Å². The Bertz CT molecular complexity index is 611. The Kier molecular flexibility index (Phi) is 5.60. The van der Waals surface area contributed by atoms with Crippen LogP contribution in [0.4, 0.5) is 4.39 Å². The molecule has 0 aliphatic heterocycles. The van der Waals surface area contributed by atoms with Gasteiger partial charge in [0, 0.05) is 16.6 Å². The lowest BCUT2D eigenvalue weighted by molar-refractivity contribution is 0.296. The van der Waals surface area contributed by atoms with Crippen molar-refractivity contribution in [3.05, 3.63) is 60.7 Å². The van der Waals surface area contributed by atoms with Gasteiger partial charge in [-0.2, -0.15) is 0 Å². The molecule has 2 N–H and O–H groups in total. The van der Waals surface area contributed by atoms with E-state index in [2.05, 4.69) is 47.8 Å². The minimum absolute atomic E-state index is 0.151. The molecule has 0 aliphatic carbocycles. The molecule has 0 heterocycles. The van der Waals surface area contributed by atoms with Gasteiger partial charge in [0.2, 0.25) is 0 Å². The fourth-order valence-corrected chi connectivity index (χ4v) is 3.50. The Morgan fingerprint density at radius 1 is 1.05 bits per heavy atom. The first-order valence-electron chi connectivity index (χ1n) is 5.76. The highest BCUT2D eigenvalue weighted by Crippen LogP contribution is 2.35. The molecule has 2 nitrogen and oxygen atoms in total. The normalized spacial score (nSPS) is 10.7. The van der Waals surface area contributed by atoms with Crippen LogP contribution in [0.5, 0.6) is 5.75 Å². The zero-order chi connectivity index (χ0) is 14.7. The zero-order valence-electron chi connectivity index (χ0n) is 10.3. The Labute approximate surface area is 141 Å². The van der Waals surface area contributed by atoms with Crippen molar-refractivity contribution in [1.82, 2.24) is 0 Å². The molecular weight excluding hydrogens is 457 g/mol. The second kappa shape index (κ2) is 7.02. The van der Waals surface area contributed by atoms with E-state index >= 15 is 0 Å². The lowest BCUT2D eigenvalue weighted by atomic mass is 10.2. The van der Waals surface area contributed by atoms with Gasteiger partial charge < -0.3 is 10.5 Å². The summed E-state index contributed by atoms with van der Waals surface area (Å²) in [7, 11) is 0. The van der Waals surface area contributed by atoms with Crippen molar-refractivity contribution >= 4 is 47.8 Å². The number of ether oxygens (including phenoxy) is 1. The van der Waals surface area contributed by atoms with Gasteiger partial charge in [0.1, 0.15) is 18.2 Å². The summed E-state index contributed by atoms with van der Waals surface area (Å²) in [6.45, 7) is 0.594. The predicted molar refractivity (Wildman–Crippen MR) is 88.2 cm³/mol. The molecule has 0 bridgehead atoms. The van der Waals surface area contributed by atoms with Crippen LogP contribution < -0.4 is 10.5 Å². The molecule has 106 valence electrons. The number of hydrogen-bond donors (Lipinski definition) is 1. The summed E-state index contributed by atoms with van der Waals surface area (Å²) >= 11 is 10.1. The number of nitrogens with two attached hydrogens (primary N) is 1. The second-order valence-electron chi connectivity index (χ2n) is 4.12. The molecule has 2 aromatic rings. The molecule has 0 radical (unpaired) electrons. The fourth-order valence-electron chi connectivity index (χ4n) is 1.66. The van der Waals surface area contributed by atoms with Crippen molar-refractivity contribution in [2.24, 2.45) is 5.73 Å². The molecular formula is C14H11Br3FNO. The van der Waals surface area contributed by atoms with Gasteiger partial charge in [-0.05, 0) is 61.7 Å². The first-order valence-corrected chi connectivity index (χ1v) is 8.14. The maximum atomic E-state index is 13.7. The molecule has 0 saturated heterocycles. The van der Waals surface area contributed by atoms with Crippen LogP contribution in [0.25, 0.3) is 0 Å². The molecule has 0 aliphatic rings. The van der Waals surface area contributed by atoms with Crippen molar-refractivity contribution in [2.45, 2.75) is 13.2 Å². The number of halogens is 4. The van der Waals surface area contributed by atoms with Crippen molar-refractivity contribution in [2.75, 3.05) is 0 Å². The van der Waals surface area contributed by atoms with Crippen LogP contribution in [-0.2, 0) is 13.2 Å². The smallest absolute Gasteiger partial charge is 0.148 e. The maximum absolute atomic E-state index is 13.7. The van der Waals surface area contributed by atoms with Gasteiger partial charge >= 0.3 is 0 Å². The first-order chi connectivity index (χ1) is 9.51. The van der Waals surface area contributed by atoms with E-state index in [0.29, 0.717) is 22.3 Å². The molecule has 0 aromatic heterocycles. The Morgan fingerprint density at radius 3 is 2.25 bits per heavy atom. The van der Waals surface area contributed by atoms with Crippen LogP contribution in [0, 0.1) is 5.82 Å². The van der Waals surface area contributed by atoms with E-state index in [1.54, 1.807) is 12.1 Å². The van der Waals surface area contributed by atoms with Crippen LogP contribution in [0.3, 0.4) is 0 Å². The van der Waals surface area contributed by atoms with Crippen LogP contribution >= 0.6 is 47.8 Å². The number of hydrogen-bond acceptors (Lipinski definition) is 2. The van der Waals surface area contributed by atoms with Crippen molar-refractivity contribution in [1.29, 1.82) is 0 Å². The molecule has 0 atom stereocenters. The minimum Gasteiger partial charge on any atom is -0.486 e. The van der Waals surface area contributed by atoms with Crippen molar-refractivity contribution in [3.63, 3.8) is 0 Å². The SMILES string of the molecule is NCc1cc(Br)c(OCc2ccc(Br)cc2F)c(Br)c1. The van der Waals surface area contributed by atoms with E-state index in [0.717, 1.165) is 14.5 Å². The summed E-state index contributed by atoms with van der Waals surface area (Å²) < 4.78 is 21.7. The highest BCUT2D eigenvalue weighted by Gasteiger charge is 2.10. The van der Waals surface area contributed by atoms with Gasteiger partial charge in [0.15, 0.2) is 0 Å². The molecule has 0 saturated carbocycles. The van der Waals surface area contributed by atoms with Gasteiger partial charge in [-0.3, -0.25) is 0 Å². The molecule has 2 rings (SSSR count). The molecule has 0 spiro atoms. The Morgan fingerprint density at radius 2 is 1.70 bits per heavy atom. The van der Waals surface area contributed by atoms with Crippen LogP contribution in [0.2, 0.25) is 0 Å². The van der Waals surface area contributed by atoms with E-state index in [1.165, 1.54) is 6.07 Å². The molecule has 0 unspecified atom stereocenters. The summed E-state index contributed by atoms with van der Waals surface area (Å²) in [6, 6.07) is 8.66. The van der Waals surface area contributed by atoms with Gasteiger partial charge in [0.25, 0.3) is 0 Å². The monoisotopic (exact) mass is 465 g/mol. The van der Waals surface area contributed by atoms with Gasteiger partial charge in [-0.1, -0.05) is 22.0 Å². The molecule has 0 amide bonds.